The van der Waals surface area contributed by atoms with Gasteiger partial charge in [0, 0.05) is 23.8 Å². The van der Waals surface area contributed by atoms with E-state index >= 15 is 0 Å². The van der Waals surface area contributed by atoms with E-state index in [0.717, 1.165) is 12.1 Å². The van der Waals surface area contributed by atoms with Crippen LogP contribution in [0.4, 0.5) is 29.3 Å². The lowest BCUT2D eigenvalue weighted by Gasteiger charge is -2.23. The number of aromatic amines is 1. The number of nitrogens with zero attached hydrogens (tertiary/aromatic N) is 5. The fourth-order valence-electron chi connectivity index (χ4n) is 3.14. The van der Waals surface area contributed by atoms with Crippen LogP contribution in [0, 0.1) is 12.7 Å². The Kier molecular flexibility index (Phi) is 5.83. The number of aryl methyl sites for hydroxylation is 1. The normalized spacial score (nSPS) is 11.7. The van der Waals surface area contributed by atoms with E-state index in [1.54, 1.807) is 0 Å². The van der Waals surface area contributed by atoms with Gasteiger partial charge in [-0.05, 0) is 37.3 Å². The zero-order valence-electron chi connectivity index (χ0n) is 16.3. The number of H-pyrrole nitrogens is 1. The summed E-state index contributed by atoms with van der Waals surface area (Å²) >= 11 is 12.2. The van der Waals surface area contributed by atoms with Gasteiger partial charge in [-0.3, -0.25) is 9.47 Å². The molecule has 0 bridgehead atoms. The highest BCUT2D eigenvalue weighted by atomic mass is 35.5. The molecule has 0 amide bonds. The number of pyridine rings is 1. The van der Waals surface area contributed by atoms with E-state index in [1.165, 1.54) is 53.2 Å². The molecule has 0 aliphatic carbocycles. The average molecular weight is 485 g/mol. The van der Waals surface area contributed by atoms with Gasteiger partial charge >= 0.3 is 6.18 Å². The number of halogens is 6. The molecular weight excluding hydrogens is 471 g/mol. The van der Waals surface area contributed by atoms with Gasteiger partial charge in [-0.2, -0.15) is 13.2 Å². The molecule has 3 aromatic heterocycles. The Hall–Kier alpha value is -3.11. The van der Waals surface area contributed by atoms with Gasteiger partial charge in [0.25, 0.3) is 0 Å². The molecule has 4 rings (SSSR count). The summed E-state index contributed by atoms with van der Waals surface area (Å²) in [4.78, 5) is 17.0. The average Bonchev–Trinajstić information content (AvgIpc) is 3.37. The number of rotatable bonds is 5. The first-order valence-electron chi connectivity index (χ1n) is 9.14. The molecule has 0 saturated heterocycles. The van der Waals surface area contributed by atoms with Crippen molar-refractivity contribution in [1.29, 1.82) is 0 Å². The summed E-state index contributed by atoms with van der Waals surface area (Å²) in [5.41, 5.74) is -0.234. The molecule has 0 atom stereocenters. The number of benzene rings is 1. The number of imidazole rings is 2. The van der Waals surface area contributed by atoms with Crippen LogP contribution in [0.25, 0.3) is 5.69 Å². The van der Waals surface area contributed by atoms with Crippen LogP contribution in [-0.2, 0) is 12.7 Å². The maximum Gasteiger partial charge on any atom is 0.416 e. The highest BCUT2D eigenvalue weighted by Crippen LogP contribution is 2.34. The van der Waals surface area contributed by atoms with Gasteiger partial charge in [-0.25, -0.2) is 19.3 Å². The summed E-state index contributed by atoms with van der Waals surface area (Å²) in [7, 11) is 0. The third-order valence-electron chi connectivity index (χ3n) is 4.54. The van der Waals surface area contributed by atoms with Gasteiger partial charge in [0.15, 0.2) is 0 Å². The molecular formula is C20H14Cl2F4N6. The van der Waals surface area contributed by atoms with Crippen LogP contribution in [0.15, 0.2) is 48.9 Å². The molecule has 32 heavy (non-hydrogen) atoms. The van der Waals surface area contributed by atoms with E-state index in [1.807, 2.05) is 0 Å². The summed E-state index contributed by atoms with van der Waals surface area (Å²) < 4.78 is 55.3. The van der Waals surface area contributed by atoms with Gasteiger partial charge in [-0.15, -0.1) is 0 Å². The lowest BCUT2D eigenvalue weighted by atomic mass is 10.2. The Morgan fingerprint density at radius 3 is 2.56 bits per heavy atom. The van der Waals surface area contributed by atoms with Crippen molar-refractivity contribution in [3.63, 3.8) is 0 Å². The van der Waals surface area contributed by atoms with Gasteiger partial charge in [0.05, 0.1) is 23.3 Å². The van der Waals surface area contributed by atoms with Crippen LogP contribution in [0.1, 0.15) is 17.1 Å². The number of nitrogens with one attached hydrogen (secondary N) is 1. The molecule has 0 aliphatic heterocycles. The molecule has 1 aromatic carbocycles. The highest BCUT2D eigenvalue weighted by molar-refractivity contribution is 6.31. The van der Waals surface area contributed by atoms with Crippen molar-refractivity contribution in [2.75, 3.05) is 4.90 Å². The number of hydrogen-bond donors (Lipinski definition) is 1. The Labute approximate surface area is 189 Å². The smallest absolute Gasteiger partial charge is 0.331 e. The first-order valence-corrected chi connectivity index (χ1v) is 9.89. The van der Waals surface area contributed by atoms with Gasteiger partial charge in [0.2, 0.25) is 5.95 Å². The molecule has 12 heteroatoms. The minimum absolute atomic E-state index is 0.00934. The standard InChI is InChI=1S/C20H14Cl2F4N6/c1-11-6-12(20(24,25)26)7-17(30-11)31(19-27-4-5-28-19)10-18-29-9-16(22)32(18)13-2-3-15(23)14(21)8-13/h2-9H,10H2,1H3,(H,27,28). The molecule has 0 spiro atoms. The summed E-state index contributed by atoms with van der Waals surface area (Å²) in [6.07, 6.45) is -0.187. The Morgan fingerprint density at radius 1 is 1.12 bits per heavy atom. The lowest BCUT2D eigenvalue weighted by molar-refractivity contribution is -0.137. The largest absolute Gasteiger partial charge is 0.416 e. The van der Waals surface area contributed by atoms with Crippen LogP contribution in [-0.4, -0.2) is 24.5 Å². The lowest BCUT2D eigenvalue weighted by Crippen LogP contribution is -2.22. The molecule has 6 nitrogen and oxygen atoms in total. The minimum Gasteiger partial charge on any atom is -0.331 e. The van der Waals surface area contributed by atoms with Crippen LogP contribution in [0.5, 0.6) is 0 Å². The van der Waals surface area contributed by atoms with Crippen LogP contribution in [0.2, 0.25) is 10.2 Å². The summed E-state index contributed by atoms with van der Waals surface area (Å²) in [5.74, 6) is -0.00545. The van der Waals surface area contributed by atoms with Crippen molar-refractivity contribution in [2.24, 2.45) is 0 Å². The molecule has 0 aliphatic rings. The van der Waals surface area contributed by atoms with E-state index in [2.05, 4.69) is 19.9 Å². The Morgan fingerprint density at radius 2 is 1.91 bits per heavy atom. The van der Waals surface area contributed by atoms with Crippen molar-refractivity contribution in [1.82, 2.24) is 24.5 Å². The zero-order valence-corrected chi connectivity index (χ0v) is 17.8. The number of anilines is 2. The second-order valence-electron chi connectivity index (χ2n) is 6.78. The van der Waals surface area contributed by atoms with Gasteiger partial charge < -0.3 is 4.98 Å². The van der Waals surface area contributed by atoms with E-state index in [-0.39, 0.29) is 34.2 Å². The van der Waals surface area contributed by atoms with E-state index in [0.29, 0.717) is 11.5 Å². The fourth-order valence-corrected chi connectivity index (χ4v) is 3.56. The molecule has 4 aromatic rings. The molecule has 0 radical (unpaired) electrons. The summed E-state index contributed by atoms with van der Waals surface area (Å²) in [6, 6.07) is 5.90. The van der Waals surface area contributed by atoms with Crippen LogP contribution < -0.4 is 4.90 Å². The predicted octanol–water partition coefficient (Wildman–Crippen LogP) is 6.10. The maximum absolute atomic E-state index is 13.6. The molecule has 0 saturated carbocycles. The topological polar surface area (TPSA) is 62.6 Å². The molecule has 0 fully saturated rings. The molecule has 1 N–H and O–H groups in total. The van der Waals surface area contributed by atoms with E-state index in [4.69, 9.17) is 23.2 Å². The van der Waals surface area contributed by atoms with E-state index < -0.39 is 17.6 Å². The van der Waals surface area contributed by atoms with Crippen LogP contribution in [0.3, 0.4) is 0 Å². The maximum atomic E-state index is 13.6. The second kappa shape index (κ2) is 8.44. The number of aromatic nitrogens is 5. The third-order valence-corrected chi connectivity index (χ3v) is 5.09. The summed E-state index contributed by atoms with van der Waals surface area (Å²) in [6.45, 7) is 1.42. The fraction of sp³-hybridized carbons (Fsp3) is 0.150. The van der Waals surface area contributed by atoms with E-state index in [9.17, 15) is 17.6 Å². The van der Waals surface area contributed by atoms with Crippen molar-refractivity contribution >= 4 is 35.0 Å². The molecule has 0 unspecified atom stereocenters. The number of alkyl halides is 3. The second-order valence-corrected chi connectivity index (χ2v) is 7.58. The van der Waals surface area contributed by atoms with Crippen molar-refractivity contribution in [2.45, 2.75) is 19.6 Å². The Bertz CT molecular complexity index is 1250. The summed E-state index contributed by atoms with van der Waals surface area (Å²) in [5, 5.41) is 0.0894. The van der Waals surface area contributed by atoms with Crippen molar-refractivity contribution in [3.05, 3.63) is 82.0 Å². The van der Waals surface area contributed by atoms with Crippen molar-refractivity contribution in [3.8, 4) is 5.69 Å². The first-order chi connectivity index (χ1) is 15.1. The zero-order chi connectivity index (χ0) is 23.0. The number of hydrogen-bond acceptors (Lipinski definition) is 4. The predicted molar refractivity (Wildman–Crippen MR) is 112 cm³/mol. The highest BCUT2D eigenvalue weighted by Gasteiger charge is 2.32. The quantitative estimate of drug-likeness (QED) is 0.347. The van der Waals surface area contributed by atoms with Gasteiger partial charge in [-0.1, -0.05) is 23.2 Å². The molecule has 166 valence electrons. The minimum atomic E-state index is -4.55. The van der Waals surface area contributed by atoms with Crippen LogP contribution >= 0.6 is 23.2 Å². The van der Waals surface area contributed by atoms with Crippen molar-refractivity contribution < 1.29 is 17.6 Å². The first kappa shape index (κ1) is 22.1. The van der Waals surface area contributed by atoms with Gasteiger partial charge in [0.1, 0.15) is 22.6 Å². The Balaban J connectivity index is 1.81. The monoisotopic (exact) mass is 484 g/mol. The third kappa shape index (κ3) is 4.42. The SMILES string of the molecule is Cc1cc(C(F)(F)F)cc(N(Cc2ncc(Cl)n2-c2ccc(F)c(Cl)c2)c2ncc[nH]2)n1. The molecule has 3 heterocycles.